The molecule has 0 unspecified atom stereocenters. The van der Waals surface area contributed by atoms with E-state index in [1.807, 2.05) is 7.05 Å². The summed E-state index contributed by atoms with van der Waals surface area (Å²) in [5, 5.41) is 3.16. The Morgan fingerprint density at radius 2 is 1.00 bits per heavy atom. The van der Waals surface area contributed by atoms with Crippen LogP contribution in [0.3, 0.4) is 0 Å². The van der Waals surface area contributed by atoms with E-state index in [0.29, 0.717) is 0 Å². The maximum atomic E-state index is 3.16. The Morgan fingerprint density at radius 1 is 0.571 bits per heavy atom. The van der Waals surface area contributed by atoms with Crippen molar-refractivity contribution < 1.29 is 4.90 Å². The first-order valence-electron chi connectivity index (χ1n) is 7.14. The van der Waals surface area contributed by atoms with Gasteiger partial charge in [-0.2, -0.15) is 0 Å². The van der Waals surface area contributed by atoms with Gasteiger partial charge in [0.25, 0.3) is 0 Å². The van der Waals surface area contributed by atoms with Gasteiger partial charge in [0, 0.05) is 24.9 Å². The number of anilines is 1. The lowest BCUT2D eigenvalue weighted by molar-refractivity contribution is -0.681. The molecule has 0 saturated carbocycles. The molecule has 0 amide bonds. The molecule has 3 aromatic carbocycles. The molecule has 2 heteroatoms. The van der Waals surface area contributed by atoms with Gasteiger partial charge < -0.3 is 5.32 Å². The Bertz CT molecular complexity index is 636. The van der Waals surface area contributed by atoms with Crippen molar-refractivity contribution in [2.45, 2.75) is 0 Å². The van der Waals surface area contributed by atoms with Crippen LogP contribution in [0.5, 0.6) is 0 Å². The molecule has 0 fully saturated rings. The van der Waals surface area contributed by atoms with Gasteiger partial charge in [0.15, 0.2) is 0 Å². The number of rotatable bonds is 4. The van der Waals surface area contributed by atoms with Crippen LogP contribution in [-0.2, 0) is 0 Å². The lowest BCUT2D eigenvalue weighted by Crippen LogP contribution is -2.96. The number of benzene rings is 3. The molecule has 2 N–H and O–H groups in total. The molecule has 21 heavy (non-hydrogen) atoms. The quantitative estimate of drug-likeness (QED) is 0.738. The summed E-state index contributed by atoms with van der Waals surface area (Å²) in [7, 11) is 1.94. The van der Waals surface area contributed by atoms with Crippen LogP contribution in [0, 0.1) is 0 Å². The van der Waals surface area contributed by atoms with Crippen molar-refractivity contribution in [3.05, 3.63) is 84.9 Å². The third-order valence-corrected chi connectivity index (χ3v) is 3.59. The zero-order chi connectivity index (χ0) is 14.5. The average molecular weight is 275 g/mol. The minimum absolute atomic E-state index is 1.12. The summed E-state index contributed by atoms with van der Waals surface area (Å²) >= 11 is 0. The predicted molar refractivity (Wildman–Crippen MR) is 88.8 cm³/mol. The summed E-state index contributed by atoms with van der Waals surface area (Å²) in [6, 6.07) is 29.6. The lowest BCUT2D eigenvalue weighted by Gasteiger charge is -2.18. The van der Waals surface area contributed by atoms with Gasteiger partial charge in [-0.05, 0) is 36.4 Å². The highest BCUT2D eigenvalue weighted by Gasteiger charge is 2.17. The number of hydrogen-bond donors (Lipinski definition) is 2. The van der Waals surface area contributed by atoms with Crippen LogP contribution in [0.25, 0.3) is 0 Å². The molecule has 0 spiro atoms. The van der Waals surface area contributed by atoms with E-state index in [2.05, 4.69) is 90.2 Å². The molecule has 2 nitrogen and oxygen atoms in total. The molecule has 0 aromatic heterocycles. The normalized spacial score (nSPS) is 10.6. The fourth-order valence-electron chi connectivity index (χ4n) is 2.51. The van der Waals surface area contributed by atoms with Crippen LogP contribution in [0.1, 0.15) is 0 Å². The third-order valence-electron chi connectivity index (χ3n) is 3.59. The summed E-state index contributed by atoms with van der Waals surface area (Å²) in [5.74, 6) is 0. The highest BCUT2D eigenvalue weighted by Crippen LogP contribution is 2.16. The Morgan fingerprint density at radius 3 is 1.43 bits per heavy atom. The van der Waals surface area contributed by atoms with Gasteiger partial charge in [0.2, 0.25) is 0 Å². The van der Waals surface area contributed by atoms with Crippen molar-refractivity contribution in [1.29, 1.82) is 0 Å². The Kier molecular flexibility index (Phi) is 3.99. The maximum absolute atomic E-state index is 3.16. The molecule has 104 valence electrons. The van der Waals surface area contributed by atoms with E-state index < -0.39 is 0 Å². The molecule has 3 rings (SSSR count). The largest absolute Gasteiger partial charge is 0.388 e. The molecule has 0 atom stereocenters. The molecule has 0 radical (unpaired) electrons. The number of quaternary nitrogens is 1. The van der Waals surface area contributed by atoms with Crippen LogP contribution in [0.2, 0.25) is 0 Å². The second-order valence-electron chi connectivity index (χ2n) is 4.93. The fraction of sp³-hybridized carbons (Fsp3) is 0.0526. The monoisotopic (exact) mass is 275 g/mol. The predicted octanol–water partition coefficient (Wildman–Crippen LogP) is 3.91. The van der Waals surface area contributed by atoms with Crippen LogP contribution in [-0.4, -0.2) is 7.05 Å². The molecule has 0 aliphatic carbocycles. The number of hydrogen-bond acceptors (Lipinski definition) is 1. The molecule has 0 aliphatic rings. The minimum atomic E-state index is 1.12. The molecule has 0 bridgehead atoms. The Hall–Kier alpha value is -2.58. The third kappa shape index (κ3) is 2.96. The number of nitrogens with one attached hydrogen (secondary N) is 2. The molecule has 0 heterocycles. The molecular weight excluding hydrogens is 256 g/mol. The van der Waals surface area contributed by atoms with Crippen molar-refractivity contribution >= 4 is 22.7 Å². The Balaban J connectivity index is 2.07. The second-order valence-corrected chi connectivity index (χ2v) is 4.93. The second kappa shape index (κ2) is 6.25. The SMILES string of the molecule is CNc1ccc([NH+](c2ccccc2)c2ccccc2)cc1. The van der Waals surface area contributed by atoms with E-state index in [9.17, 15) is 0 Å². The summed E-state index contributed by atoms with van der Waals surface area (Å²) in [6.07, 6.45) is 0. The van der Waals surface area contributed by atoms with E-state index in [1.54, 1.807) is 0 Å². The van der Waals surface area contributed by atoms with E-state index in [0.717, 1.165) is 5.69 Å². The first-order valence-corrected chi connectivity index (χ1v) is 7.14. The van der Waals surface area contributed by atoms with Crippen LogP contribution >= 0.6 is 0 Å². The summed E-state index contributed by atoms with van der Waals surface area (Å²) in [6.45, 7) is 0. The van der Waals surface area contributed by atoms with Crippen LogP contribution in [0.15, 0.2) is 84.9 Å². The molecule has 0 saturated heterocycles. The first-order chi connectivity index (χ1) is 10.4. The summed E-state index contributed by atoms with van der Waals surface area (Å²) < 4.78 is 0. The van der Waals surface area contributed by atoms with Gasteiger partial charge >= 0.3 is 0 Å². The summed E-state index contributed by atoms with van der Waals surface area (Å²) in [4.78, 5) is 1.26. The van der Waals surface area contributed by atoms with E-state index in [4.69, 9.17) is 0 Å². The number of para-hydroxylation sites is 2. The van der Waals surface area contributed by atoms with Crippen molar-refractivity contribution in [1.82, 2.24) is 0 Å². The van der Waals surface area contributed by atoms with Gasteiger partial charge in [-0.25, -0.2) is 4.90 Å². The van der Waals surface area contributed by atoms with Gasteiger partial charge in [-0.15, -0.1) is 0 Å². The topological polar surface area (TPSA) is 16.5 Å². The minimum Gasteiger partial charge on any atom is -0.388 e. The van der Waals surface area contributed by atoms with Crippen LogP contribution < -0.4 is 10.2 Å². The van der Waals surface area contributed by atoms with Gasteiger partial charge in [-0.1, -0.05) is 36.4 Å². The molecule has 0 aliphatic heterocycles. The van der Waals surface area contributed by atoms with Gasteiger partial charge in [0.1, 0.15) is 17.1 Å². The molecular formula is C19H19N2+. The van der Waals surface area contributed by atoms with Crippen molar-refractivity contribution in [2.75, 3.05) is 12.4 Å². The first kappa shape index (κ1) is 13.4. The van der Waals surface area contributed by atoms with Crippen molar-refractivity contribution in [3.63, 3.8) is 0 Å². The standard InChI is InChI=1S/C19H18N2/c1-20-16-12-14-19(15-13-16)21(17-8-4-2-5-9-17)18-10-6-3-7-11-18/h2-15,20H,1H3/p+1. The molecule has 3 aromatic rings. The van der Waals surface area contributed by atoms with Gasteiger partial charge in [0.05, 0.1) is 0 Å². The van der Waals surface area contributed by atoms with E-state index >= 15 is 0 Å². The summed E-state index contributed by atoms with van der Waals surface area (Å²) in [5.41, 5.74) is 4.83. The Labute approximate surface area is 125 Å². The average Bonchev–Trinajstić information content (AvgIpc) is 2.58. The van der Waals surface area contributed by atoms with Crippen molar-refractivity contribution in [3.8, 4) is 0 Å². The highest BCUT2D eigenvalue weighted by atomic mass is 15.1. The highest BCUT2D eigenvalue weighted by molar-refractivity contribution is 5.51. The van der Waals surface area contributed by atoms with Crippen LogP contribution in [0.4, 0.5) is 22.7 Å². The maximum Gasteiger partial charge on any atom is 0.141 e. The fourth-order valence-corrected chi connectivity index (χ4v) is 2.51. The lowest BCUT2D eigenvalue weighted by atomic mass is 10.2. The zero-order valence-electron chi connectivity index (χ0n) is 12.1. The van der Waals surface area contributed by atoms with E-state index in [1.165, 1.54) is 22.0 Å². The van der Waals surface area contributed by atoms with E-state index in [-0.39, 0.29) is 0 Å². The zero-order valence-corrected chi connectivity index (χ0v) is 12.1. The van der Waals surface area contributed by atoms with Crippen molar-refractivity contribution in [2.24, 2.45) is 0 Å². The van der Waals surface area contributed by atoms with Gasteiger partial charge in [-0.3, -0.25) is 0 Å². The smallest absolute Gasteiger partial charge is 0.141 e.